The Hall–Kier alpha value is -0.870. The SMILES string of the molecule is C=CC(=O)OCCCOC(CC)OCCCC. The van der Waals surface area contributed by atoms with Gasteiger partial charge in [-0.3, -0.25) is 0 Å². The zero-order valence-electron chi connectivity index (χ0n) is 10.9. The van der Waals surface area contributed by atoms with Crippen LogP contribution in [0.15, 0.2) is 12.7 Å². The molecule has 0 aliphatic carbocycles. The van der Waals surface area contributed by atoms with Gasteiger partial charge in [0.05, 0.1) is 13.2 Å². The minimum Gasteiger partial charge on any atom is -0.462 e. The molecule has 0 aromatic carbocycles. The van der Waals surface area contributed by atoms with Crippen molar-refractivity contribution < 1.29 is 19.0 Å². The second kappa shape index (κ2) is 11.6. The molecule has 1 unspecified atom stereocenters. The molecule has 0 N–H and O–H groups in total. The average molecular weight is 244 g/mol. The van der Waals surface area contributed by atoms with Crippen LogP contribution in [0.5, 0.6) is 0 Å². The van der Waals surface area contributed by atoms with Gasteiger partial charge in [-0.15, -0.1) is 0 Å². The summed E-state index contributed by atoms with van der Waals surface area (Å²) in [6.07, 6.45) is 4.69. The quantitative estimate of drug-likeness (QED) is 0.242. The summed E-state index contributed by atoms with van der Waals surface area (Å²) >= 11 is 0. The number of carbonyl (C=O) groups is 1. The number of carbonyl (C=O) groups excluding carboxylic acids is 1. The number of rotatable bonds is 11. The molecule has 0 heterocycles. The predicted octanol–water partition coefficient (Wildman–Crippen LogP) is 2.68. The fourth-order valence-electron chi connectivity index (χ4n) is 1.15. The molecule has 100 valence electrons. The maximum absolute atomic E-state index is 10.7. The lowest BCUT2D eigenvalue weighted by atomic mass is 10.3. The third-order valence-corrected chi connectivity index (χ3v) is 2.14. The first-order valence-corrected chi connectivity index (χ1v) is 6.27. The van der Waals surface area contributed by atoms with Crippen molar-refractivity contribution >= 4 is 5.97 Å². The molecular formula is C13H24O4. The fourth-order valence-corrected chi connectivity index (χ4v) is 1.15. The van der Waals surface area contributed by atoms with Gasteiger partial charge in [-0.05, 0) is 12.8 Å². The molecule has 0 aliphatic heterocycles. The number of hydrogen-bond acceptors (Lipinski definition) is 4. The largest absolute Gasteiger partial charge is 0.462 e. The molecule has 0 saturated heterocycles. The zero-order chi connectivity index (χ0) is 12.9. The third kappa shape index (κ3) is 10.0. The van der Waals surface area contributed by atoms with Crippen molar-refractivity contribution in [2.24, 2.45) is 0 Å². The monoisotopic (exact) mass is 244 g/mol. The van der Waals surface area contributed by atoms with Crippen LogP contribution in [0.1, 0.15) is 39.5 Å². The van der Waals surface area contributed by atoms with E-state index in [1.165, 1.54) is 0 Å². The van der Waals surface area contributed by atoms with Gasteiger partial charge in [0, 0.05) is 19.1 Å². The summed E-state index contributed by atoms with van der Waals surface area (Å²) in [7, 11) is 0. The first kappa shape index (κ1) is 16.1. The second-order valence-electron chi connectivity index (χ2n) is 3.66. The van der Waals surface area contributed by atoms with Crippen molar-refractivity contribution in [2.45, 2.75) is 45.8 Å². The molecule has 0 rings (SSSR count). The molecule has 0 bridgehead atoms. The van der Waals surface area contributed by atoms with E-state index in [-0.39, 0.29) is 6.29 Å². The van der Waals surface area contributed by atoms with E-state index in [1.807, 2.05) is 6.92 Å². The summed E-state index contributed by atoms with van der Waals surface area (Å²) < 4.78 is 15.9. The van der Waals surface area contributed by atoms with Crippen molar-refractivity contribution in [3.63, 3.8) is 0 Å². The summed E-state index contributed by atoms with van der Waals surface area (Å²) in [6, 6.07) is 0. The number of esters is 1. The molecule has 0 spiro atoms. The van der Waals surface area contributed by atoms with Gasteiger partial charge < -0.3 is 14.2 Å². The lowest BCUT2D eigenvalue weighted by Crippen LogP contribution is -2.18. The number of unbranched alkanes of at least 4 members (excludes halogenated alkanes) is 1. The second-order valence-corrected chi connectivity index (χ2v) is 3.66. The lowest BCUT2D eigenvalue weighted by molar-refractivity contribution is -0.149. The van der Waals surface area contributed by atoms with E-state index in [0.717, 1.165) is 31.9 Å². The highest BCUT2D eigenvalue weighted by Crippen LogP contribution is 2.03. The van der Waals surface area contributed by atoms with E-state index >= 15 is 0 Å². The van der Waals surface area contributed by atoms with Crippen LogP contribution in [-0.4, -0.2) is 32.1 Å². The molecule has 0 saturated carbocycles. The first-order chi connectivity index (χ1) is 8.24. The Morgan fingerprint density at radius 1 is 1.18 bits per heavy atom. The highest BCUT2D eigenvalue weighted by Gasteiger charge is 2.05. The van der Waals surface area contributed by atoms with Crippen molar-refractivity contribution in [3.05, 3.63) is 12.7 Å². The Bertz CT molecular complexity index is 204. The molecule has 4 nitrogen and oxygen atoms in total. The zero-order valence-corrected chi connectivity index (χ0v) is 10.9. The molecule has 0 radical (unpaired) electrons. The normalized spacial score (nSPS) is 12.1. The van der Waals surface area contributed by atoms with Crippen LogP contribution in [0.25, 0.3) is 0 Å². The van der Waals surface area contributed by atoms with Gasteiger partial charge in [0.15, 0.2) is 6.29 Å². The Labute approximate surface area is 104 Å². The van der Waals surface area contributed by atoms with E-state index < -0.39 is 5.97 Å². The highest BCUT2D eigenvalue weighted by atomic mass is 16.7. The van der Waals surface area contributed by atoms with E-state index in [2.05, 4.69) is 13.5 Å². The smallest absolute Gasteiger partial charge is 0.330 e. The van der Waals surface area contributed by atoms with Crippen LogP contribution >= 0.6 is 0 Å². The van der Waals surface area contributed by atoms with Crippen LogP contribution in [-0.2, 0) is 19.0 Å². The van der Waals surface area contributed by atoms with Gasteiger partial charge in [0.1, 0.15) is 0 Å². The van der Waals surface area contributed by atoms with Crippen LogP contribution in [0.4, 0.5) is 0 Å². The molecule has 4 heteroatoms. The number of ether oxygens (including phenoxy) is 3. The molecule has 0 aromatic rings. The topological polar surface area (TPSA) is 44.8 Å². The molecular weight excluding hydrogens is 220 g/mol. The Balaban J connectivity index is 3.42. The summed E-state index contributed by atoms with van der Waals surface area (Å²) in [5.74, 6) is -0.392. The van der Waals surface area contributed by atoms with E-state index in [1.54, 1.807) is 0 Å². The van der Waals surface area contributed by atoms with Crippen LogP contribution in [0.2, 0.25) is 0 Å². The van der Waals surface area contributed by atoms with Gasteiger partial charge >= 0.3 is 5.97 Å². The van der Waals surface area contributed by atoms with Crippen molar-refractivity contribution in [2.75, 3.05) is 19.8 Å². The molecule has 0 aliphatic rings. The van der Waals surface area contributed by atoms with Crippen LogP contribution in [0, 0.1) is 0 Å². The molecule has 0 amide bonds. The molecule has 0 fully saturated rings. The Kier molecular flexibility index (Phi) is 11.0. The lowest BCUT2D eigenvalue weighted by Gasteiger charge is -2.16. The van der Waals surface area contributed by atoms with Gasteiger partial charge in [0.25, 0.3) is 0 Å². The first-order valence-electron chi connectivity index (χ1n) is 6.27. The molecule has 0 aromatic heterocycles. The van der Waals surface area contributed by atoms with E-state index in [9.17, 15) is 4.79 Å². The molecule has 17 heavy (non-hydrogen) atoms. The van der Waals surface area contributed by atoms with Crippen molar-refractivity contribution in [3.8, 4) is 0 Å². The summed E-state index contributed by atoms with van der Waals surface area (Å²) in [6.45, 7) is 9.09. The summed E-state index contributed by atoms with van der Waals surface area (Å²) in [4.78, 5) is 10.7. The summed E-state index contributed by atoms with van der Waals surface area (Å²) in [5.41, 5.74) is 0. The van der Waals surface area contributed by atoms with Crippen LogP contribution < -0.4 is 0 Å². The average Bonchev–Trinajstić information content (AvgIpc) is 2.36. The van der Waals surface area contributed by atoms with E-state index in [0.29, 0.717) is 19.6 Å². The Morgan fingerprint density at radius 2 is 1.82 bits per heavy atom. The van der Waals surface area contributed by atoms with Gasteiger partial charge in [-0.1, -0.05) is 26.8 Å². The minimum absolute atomic E-state index is 0.142. The van der Waals surface area contributed by atoms with Gasteiger partial charge in [0.2, 0.25) is 0 Å². The predicted molar refractivity (Wildman–Crippen MR) is 66.7 cm³/mol. The Morgan fingerprint density at radius 3 is 2.35 bits per heavy atom. The molecule has 1 atom stereocenters. The fraction of sp³-hybridized carbons (Fsp3) is 0.769. The van der Waals surface area contributed by atoms with Crippen molar-refractivity contribution in [1.29, 1.82) is 0 Å². The maximum Gasteiger partial charge on any atom is 0.330 e. The standard InChI is InChI=1S/C13H24O4/c1-4-7-9-16-13(6-3)17-11-8-10-15-12(14)5-2/h5,13H,2,4,6-11H2,1,3H3. The van der Waals surface area contributed by atoms with Gasteiger partial charge in [-0.2, -0.15) is 0 Å². The van der Waals surface area contributed by atoms with E-state index in [4.69, 9.17) is 14.2 Å². The highest BCUT2D eigenvalue weighted by molar-refractivity contribution is 5.81. The summed E-state index contributed by atoms with van der Waals surface area (Å²) in [5, 5.41) is 0. The third-order valence-electron chi connectivity index (χ3n) is 2.14. The van der Waals surface area contributed by atoms with Crippen molar-refractivity contribution in [1.82, 2.24) is 0 Å². The number of hydrogen-bond donors (Lipinski definition) is 0. The maximum atomic E-state index is 10.7. The van der Waals surface area contributed by atoms with Crippen LogP contribution in [0.3, 0.4) is 0 Å². The van der Waals surface area contributed by atoms with Gasteiger partial charge in [-0.25, -0.2) is 4.79 Å². The minimum atomic E-state index is -0.392.